The molecule has 0 N–H and O–H groups in total. The first kappa shape index (κ1) is 19.4. The second-order valence-corrected chi connectivity index (χ2v) is 6.00. The Morgan fingerprint density at radius 1 is 0.500 bits per heavy atom. The van der Waals surface area contributed by atoms with Gasteiger partial charge in [0.05, 0.1) is 11.2 Å². The molecule has 0 aliphatic carbocycles. The van der Waals surface area contributed by atoms with Crippen LogP contribution in [-0.2, 0) is 0 Å². The van der Waals surface area contributed by atoms with Crippen LogP contribution < -0.4 is 49.2 Å². The number of hydrogen-bond donors (Lipinski definition) is 0. The van der Waals surface area contributed by atoms with E-state index < -0.39 is 0 Å². The first-order valence-electron chi connectivity index (χ1n) is 7.18. The highest BCUT2D eigenvalue weighted by molar-refractivity contribution is 6.70. The van der Waals surface area contributed by atoms with Crippen molar-refractivity contribution in [2.45, 2.75) is 0 Å². The van der Waals surface area contributed by atoms with Gasteiger partial charge in [0, 0.05) is 5.39 Å². The first-order valence-corrected chi connectivity index (χ1v) is 7.56. The van der Waals surface area contributed by atoms with Gasteiger partial charge in [0.15, 0.2) is 0 Å². The summed E-state index contributed by atoms with van der Waals surface area (Å²) < 4.78 is 0. The molecule has 1 heterocycles. The summed E-state index contributed by atoms with van der Waals surface area (Å²) in [5.74, 6) is 0. The van der Waals surface area contributed by atoms with E-state index in [4.69, 9.17) is 82.2 Å². The van der Waals surface area contributed by atoms with Crippen LogP contribution in [0.15, 0.2) is 0 Å². The van der Waals surface area contributed by atoms with Crippen LogP contribution in [0, 0.1) is 0 Å². The van der Waals surface area contributed by atoms with Crippen molar-refractivity contribution in [3.63, 3.8) is 0 Å². The molecule has 0 saturated heterocycles. The zero-order valence-electron chi connectivity index (χ0n) is 13.5. The number of fused-ring (bicyclic) bond motifs is 1. The molecule has 0 aliphatic rings. The van der Waals surface area contributed by atoms with Crippen LogP contribution in [0.1, 0.15) is 0 Å². The number of halogens is 1. The van der Waals surface area contributed by atoms with Gasteiger partial charge >= 0.3 is 0 Å². The van der Waals surface area contributed by atoms with Crippen LogP contribution in [0.2, 0.25) is 5.28 Å². The molecule has 0 unspecified atom stereocenters. The molecular weight excluding hydrogens is 329 g/mol. The summed E-state index contributed by atoms with van der Waals surface area (Å²) in [6, 6.07) is 0. The Hall–Kier alpha value is -1.35. The molecule has 0 saturated carbocycles. The highest BCUT2D eigenvalue weighted by atomic mass is 35.5. The van der Waals surface area contributed by atoms with Gasteiger partial charge in [-0.15, -0.1) is 27.3 Å². The van der Waals surface area contributed by atoms with Gasteiger partial charge in [0.2, 0.25) is 5.28 Å². The number of rotatable bonds is 1. The van der Waals surface area contributed by atoms with Gasteiger partial charge in [-0.05, 0) is 17.2 Å². The normalized spacial score (nSPS) is 11.1. The third-order valence-corrected chi connectivity index (χ3v) is 4.38. The average Bonchev–Trinajstić information content (AvgIpc) is 2.61. The van der Waals surface area contributed by atoms with Gasteiger partial charge in [-0.2, -0.15) is 0 Å². The lowest BCUT2D eigenvalue weighted by Crippen LogP contribution is -2.55. The Morgan fingerprint density at radius 2 is 0.923 bits per heavy atom. The molecule has 0 aliphatic heterocycles. The van der Waals surface area contributed by atoms with Gasteiger partial charge in [-0.3, -0.25) is 0 Å². The number of benzene rings is 2. The van der Waals surface area contributed by atoms with E-state index in [2.05, 4.69) is 9.97 Å². The van der Waals surface area contributed by atoms with Gasteiger partial charge in [-0.1, -0.05) is 21.9 Å². The molecular formula is C14B9ClN2. The highest BCUT2D eigenvalue weighted by Crippen LogP contribution is 2.21. The Kier molecular flexibility index (Phi) is 4.98. The second kappa shape index (κ2) is 6.67. The van der Waals surface area contributed by atoms with E-state index in [0.717, 1.165) is 0 Å². The zero-order valence-corrected chi connectivity index (χ0v) is 14.2. The van der Waals surface area contributed by atoms with Crippen LogP contribution in [0.4, 0.5) is 0 Å². The molecule has 3 rings (SSSR count). The molecule has 18 radical (unpaired) electrons. The lowest BCUT2D eigenvalue weighted by Gasteiger charge is -2.23. The van der Waals surface area contributed by atoms with Crippen LogP contribution >= 0.6 is 11.6 Å². The van der Waals surface area contributed by atoms with Gasteiger partial charge in [0.25, 0.3) is 0 Å². The van der Waals surface area contributed by atoms with E-state index in [0.29, 0.717) is 0 Å². The van der Waals surface area contributed by atoms with Crippen LogP contribution in [-0.4, -0.2) is 80.6 Å². The number of aromatic nitrogens is 2. The van der Waals surface area contributed by atoms with Crippen LogP contribution in [0.25, 0.3) is 22.2 Å². The van der Waals surface area contributed by atoms with E-state index >= 15 is 0 Å². The molecule has 0 spiro atoms. The number of hydrogen-bond acceptors (Lipinski definition) is 2. The molecule has 26 heavy (non-hydrogen) atoms. The molecule has 3 aromatic rings. The molecule has 2 aromatic carbocycles. The van der Waals surface area contributed by atoms with Crippen molar-refractivity contribution < 1.29 is 0 Å². The summed E-state index contributed by atoms with van der Waals surface area (Å²) in [5.41, 5.74) is 1.12. The minimum atomic E-state index is -0.143. The summed E-state index contributed by atoms with van der Waals surface area (Å²) in [6.07, 6.45) is 0. The van der Waals surface area contributed by atoms with Crippen molar-refractivity contribution in [3.8, 4) is 11.3 Å². The monoisotopic (exact) mass is 330 g/mol. The van der Waals surface area contributed by atoms with Gasteiger partial charge in [-0.25, -0.2) is 9.97 Å². The fourth-order valence-corrected chi connectivity index (χ4v) is 2.89. The van der Waals surface area contributed by atoms with Gasteiger partial charge < -0.3 is 0 Å². The quantitative estimate of drug-likeness (QED) is 0.328. The average molecular weight is 329 g/mol. The topological polar surface area (TPSA) is 25.8 Å². The van der Waals surface area contributed by atoms with Crippen molar-refractivity contribution in [1.29, 1.82) is 0 Å². The summed E-state index contributed by atoms with van der Waals surface area (Å²) >= 11 is 6.05. The molecule has 100 valence electrons. The van der Waals surface area contributed by atoms with Crippen molar-refractivity contribution in [2.75, 3.05) is 0 Å². The molecule has 2 nitrogen and oxygen atoms in total. The fraction of sp³-hybridized carbons (Fsp3) is 0. The maximum atomic E-state index is 6.13. The lowest BCUT2D eigenvalue weighted by atomic mass is 9.59. The minimum absolute atomic E-state index is 0.0459. The standard InChI is InChI=1S/C14B9ClN2/c15-3-1(4(16)7(19)9(21)6(3)18)12-2-5(17)8(20)10(22)11(23)13(2)26-14(24)25-12. The molecule has 0 bridgehead atoms. The number of nitrogens with zero attached hydrogens (tertiary/aromatic N) is 2. The smallest absolute Gasteiger partial charge is 0.219 e. The van der Waals surface area contributed by atoms with E-state index in [1.807, 2.05) is 0 Å². The molecule has 0 amide bonds. The maximum Gasteiger partial charge on any atom is 0.223 e. The minimum Gasteiger partial charge on any atom is -0.219 e. The Bertz CT molecular complexity index is 1070. The largest absolute Gasteiger partial charge is 0.223 e. The van der Waals surface area contributed by atoms with Crippen LogP contribution in [0.3, 0.4) is 0 Å². The van der Waals surface area contributed by atoms with Crippen LogP contribution in [0.5, 0.6) is 0 Å². The summed E-state index contributed by atoms with van der Waals surface area (Å²) in [5, 5.41) is 0.121. The van der Waals surface area contributed by atoms with Gasteiger partial charge in [0.1, 0.15) is 70.6 Å². The molecule has 1 aromatic heterocycles. The summed E-state index contributed by atoms with van der Waals surface area (Å²) in [7, 11) is 53.9. The summed E-state index contributed by atoms with van der Waals surface area (Å²) in [4.78, 5) is 8.28. The Labute approximate surface area is 168 Å². The predicted molar refractivity (Wildman–Crippen MR) is 118 cm³/mol. The Morgan fingerprint density at radius 3 is 1.46 bits per heavy atom. The van der Waals surface area contributed by atoms with Crippen molar-refractivity contribution in [2.24, 2.45) is 0 Å². The highest BCUT2D eigenvalue weighted by Gasteiger charge is 2.20. The SMILES string of the molecule is [B]c1c([B])c([B])c(-c2nc(Cl)nc3c([B])c([B])c([B])c([B])c23)c([B])c1[B]. The fourth-order valence-electron chi connectivity index (χ4n) is 2.72. The van der Waals surface area contributed by atoms with E-state index in [1.54, 1.807) is 0 Å². The second-order valence-electron chi connectivity index (χ2n) is 5.66. The molecule has 0 atom stereocenters. The third-order valence-electron chi connectivity index (χ3n) is 4.21. The molecule has 12 heteroatoms. The molecule has 0 fully saturated rings. The third kappa shape index (κ3) is 2.71. The van der Waals surface area contributed by atoms with Crippen molar-refractivity contribution >= 4 is 142 Å². The predicted octanol–water partition coefficient (Wildman–Crippen LogP) is -6.91. The first-order chi connectivity index (χ1) is 12.1. The van der Waals surface area contributed by atoms with E-state index in [1.165, 1.54) is 0 Å². The van der Waals surface area contributed by atoms with E-state index in [9.17, 15) is 0 Å². The summed E-state index contributed by atoms with van der Waals surface area (Å²) in [6.45, 7) is 0. The van der Waals surface area contributed by atoms with E-state index in [-0.39, 0.29) is 76.6 Å². The lowest BCUT2D eigenvalue weighted by molar-refractivity contribution is 1.23. The van der Waals surface area contributed by atoms with Crippen molar-refractivity contribution in [3.05, 3.63) is 5.28 Å². The Balaban J connectivity index is 2.61. The zero-order chi connectivity index (χ0) is 19.5. The maximum absolute atomic E-state index is 6.13. The van der Waals surface area contributed by atoms with Crippen molar-refractivity contribution in [1.82, 2.24) is 9.97 Å².